The summed E-state index contributed by atoms with van der Waals surface area (Å²) in [5.74, 6) is -0.165. The molecule has 1 N–H and O–H groups in total. The van der Waals surface area contributed by atoms with E-state index < -0.39 is 0 Å². The summed E-state index contributed by atoms with van der Waals surface area (Å²) < 4.78 is 10.1. The zero-order valence-corrected chi connectivity index (χ0v) is 8.75. The molecule has 0 bridgehead atoms. The molecule has 1 rings (SSSR count). The molecule has 1 saturated heterocycles. The van der Waals surface area contributed by atoms with Crippen LogP contribution in [0.25, 0.3) is 0 Å². The SMILES string of the molecule is COC(=O)CCNCC1CCCCO1. The summed E-state index contributed by atoms with van der Waals surface area (Å²) in [6, 6.07) is 0. The third-order valence-corrected chi connectivity index (χ3v) is 2.38. The fraction of sp³-hybridized carbons (Fsp3) is 0.900. The lowest BCUT2D eigenvalue weighted by Crippen LogP contribution is -2.32. The topological polar surface area (TPSA) is 47.6 Å². The van der Waals surface area contributed by atoms with E-state index in [1.165, 1.54) is 20.0 Å². The second-order valence-corrected chi connectivity index (χ2v) is 3.52. The van der Waals surface area contributed by atoms with Gasteiger partial charge in [-0.2, -0.15) is 0 Å². The first-order valence-corrected chi connectivity index (χ1v) is 5.22. The van der Waals surface area contributed by atoms with Crippen LogP contribution < -0.4 is 5.32 Å². The molecule has 0 aromatic rings. The Bertz CT molecular complexity index is 167. The summed E-state index contributed by atoms with van der Waals surface area (Å²) in [5.41, 5.74) is 0. The molecule has 82 valence electrons. The molecule has 0 amide bonds. The average molecular weight is 201 g/mol. The molecule has 0 radical (unpaired) electrons. The van der Waals surface area contributed by atoms with Crippen LogP contribution in [-0.2, 0) is 14.3 Å². The van der Waals surface area contributed by atoms with E-state index in [4.69, 9.17) is 4.74 Å². The van der Waals surface area contributed by atoms with Crippen LogP contribution in [0.4, 0.5) is 0 Å². The maximum absolute atomic E-state index is 10.8. The Morgan fingerprint density at radius 3 is 3.07 bits per heavy atom. The lowest BCUT2D eigenvalue weighted by molar-refractivity contribution is -0.140. The van der Waals surface area contributed by atoms with Gasteiger partial charge in [-0.1, -0.05) is 0 Å². The molecule has 4 nitrogen and oxygen atoms in total. The predicted octanol–water partition coefficient (Wildman–Crippen LogP) is 0.708. The second-order valence-electron chi connectivity index (χ2n) is 3.52. The minimum Gasteiger partial charge on any atom is -0.469 e. The van der Waals surface area contributed by atoms with E-state index in [1.54, 1.807) is 0 Å². The van der Waals surface area contributed by atoms with Gasteiger partial charge in [0.1, 0.15) is 0 Å². The smallest absolute Gasteiger partial charge is 0.306 e. The van der Waals surface area contributed by atoms with Gasteiger partial charge in [0.2, 0.25) is 0 Å². The van der Waals surface area contributed by atoms with Crippen molar-refractivity contribution in [1.29, 1.82) is 0 Å². The van der Waals surface area contributed by atoms with Gasteiger partial charge < -0.3 is 14.8 Å². The van der Waals surface area contributed by atoms with Crippen LogP contribution in [-0.4, -0.2) is 38.9 Å². The first-order valence-electron chi connectivity index (χ1n) is 5.22. The number of hydrogen-bond acceptors (Lipinski definition) is 4. The van der Waals surface area contributed by atoms with Crippen molar-refractivity contribution in [1.82, 2.24) is 5.32 Å². The summed E-state index contributed by atoms with van der Waals surface area (Å²) in [5, 5.41) is 3.19. The van der Waals surface area contributed by atoms with E-state index in [9.17, 15) is 4.79 Å². The van der Waals surface area contributed by atoms with Crippen LogP contribution in [0.5, 0.6) is 0 Å². The van der Waals surface area contributed by atoms with Gasteiger partial charge in [-0.15, -0.1) is 0 Å². The molecule has 0 aliphatic carbocycles. The summed E-state index contributed by atoms with van der Waals surface area (Å²) in [6.07, 6.45) is 4.33. The minimum atomic E-state index is -0.165. The van der Waals surface area contributed by atoms with Crippen molar-refractivity contribution in [3.05, 3.63) is 0 Å². The molecular formula is C10H19NO3. The highest BCUT2D eigenvalue weighted by Gasteiger charge is 2.12. The highest BCUT2D eigenvalue weighted by molar-refractivity contribution is 5.69. The van der Waals surface area contributed by atoms with Crippen molar-refractivity contribution >= 4 is 5.97 Å². The Hall–Kier alpha value is -0.610. The van der Waals surface area contributed by atoms with Gasteiger partial charge in [0, 0.05) is 19.7 Å². The first-order chi connectivity index (χ1) is 6.83. The van der Waals surface area contributed by atoms with Crippen molar-refractivity contribution in [2.75, 3.05) is 26.8 Å². The van der Waals surface area contributed by atoms with Crippen molar-refractivity contribution in [3.8, 4) is 0 Å². The molecule has 1 fully saturated rings. The van der Waals surface area contributed by atoms with E-state index in [1.807, 2.05) is 0 Å². The van der Waals surface area contributed by atoms with Gasteiger partial charge in [0.15, 0.2) is 0 Å². The van der Waals surface area contributed by atoms with Gasteiger partial charge in [0.25, 0.3) is 0 Å². The van der Waals surface area contributed by atoms with Gasteiger partial charge in [-0.05, 0) is 19.3 Å². The molecule has 0 saturated carbocycles. The van der Waals surface area contributed by atoms with E-state index >= 15 is 0 Å². The molecule has 14 heavy (non-hydrogen) atoms. The predicted molar refractivity (Wildman–Crippen MR) is 53.1 cm³/mol. The molecule has 1 aliphatic rings. The zero-order valence-electron chi connectivity index (χ0n) is 8.75. The molecule has 1 atom stereocenters. The van der Waals surface area contributed by atoms with E-state index in [0.29, 0.717) is 19.1 Å². The van der Waals surface area contributed by atoms with E-state index in [-0.39, 0.29) is 5.97 Å². The largest absolute Gasteiger partial charge is 0.469 e. The van der Waals surface area contributed by atoms with Crippen molar-refractivity contribution in [2.24, 2.45) is 0 Å². The highest BCUT2D eigenvalue weighted by atomic mass is 16.5. The molecule has 1 unspecified atom stereocenters. The van der Waals surface area contributed by atoms with Gasteiger partial charge >= 0.3 is 5.97 Å². The summed E-state index contributed by atoms with van der Waals surface area (Å²) in [7, 11) is 1.41. The highest BCUT2D eigenvalue weighted by Crippen LogP contribution is 2.11. The molecule has 4 heteroatoms. The van der Waals surface area contributed by atoms with Crippen LogP contribution >= 0.6 is 0 Å². The van der Waals surface area contributed by atoms with Gasteiger partial charge in [0.05, 0.1) is 19.6 Å². The molecular weight excluding hydrogens is 182 g/mol. The minimum absolute atomic E-state index is 0.165. The number of ether oxygens (including phenoxy) is 2. The van der Waals surface area contributed by atoms with Crippen molar-refractivity contribution in [3.63, 3.8) is 0 Å². The Balaban J connectivity index is 1.94. The van der Waals surface area contributed by atoms with Crippen molar-refractivity contribution < 1.29 is 14.3 Å². The summed E-state index contributed by atoms with van der Waals surface area (Å²) >= 11 is 0. The average Bonchev–Trinajstić information content (AvgIpc) is 2.25. The third kappa shape index (κ3) is 4.58. The number of carbonyl (C=O) groups excluding carboxylic acids is 1. The molecule has 0 aromatic heterocycles. The number of esters is 1. The van der Waals surface area contributed by atoms with E-state index in [0.717, 1.165) is 19.6 Å². The molecule has 0 aromatic carbocycles. The molecule has 1 aliphatic heterocycles. The molecule has 0 spiro atoms. The number of methoxy groups -OCH3 is 1. The second kappa shape index (κ2) is 6.79. The quantitative estimate of drug-likeness (QED) is 0.525. The third-order valence-electron chi connectivity index (χ3n) is 2.38. The first kappa shape index (κ1) is 11.5. The lowest BCUT2D eigenvalue weighted by atomic mass is 10.1. The Kier molecular flexibility index (Phi) is 5.56. The van der Waals surface area contributed by atoms with Crippen LogP contribution in [0.2, 0.25) is 0 Å². The summed E-state index contributed by atoms with van der Waals surface area (Å²) in [6.45, 7) is 2.40. The number of carbonyl (C=O) groups is 1. The monoisotopic (exact) mass is 201 g/mol. The fourth-order valence-corrected chi connectivity index (χ4v) is 1.52. The normalized spacial score (nSPS) is 21.9. The maximum atomic E-state index is 10.8. The van der Waals surface area contributed by atoms with Crippen LogP contribution in [0.3, 0.4) is 0 Å². The van der Waals surface area contributed by atoms with Crippen LogP contribution in [0, 0.1) is 0 Å². The summed E-state index contributed by atoms with van der Waals surface area (Å²) in [4.78, 5) is 10.8. The molecule has 1 heterocycles. The Morgan fingerprint density at radius 2 is 2.43 bits per heavy atom. The van der Waals surface area contributed by atoms with Gasteiger partial charge in [-0.3, -0.25) is 4.79 Å². The van der Waals surface area contributed by atoms with Crippen LogP contribution in [0.15, 0.2) is 0 Å². The lowest BCUT2D eigenvalue weighted by Gasteiger charge is -2.22. The fourth-order valence-electron chi connectivity index (χ4n) is 1.52. The van der Waals surface area contributed by atoms with Gasteiger partial charge in [-0.25, -0.2) is 0 Å². The number of rotatable bonds is 5. The standard InChI is InChI=1S/C10H19NO3/c1-13-10(12)5-6-11-8-9-4-2-3-7-14-9/h9,11H,2-8H2,1H3. The van der Waals surface area contributed by atoms with E-state index in [2.05, 4.69) is 10.1 Å². The number of hydrogen-bond donors (Lipinski definition) is 1. The van der Waals surface area contributed by atoms with Crippen molar-refractivity contribution in [2.45, 2.75) is 31.8 Å². The number of nitrogens with one attached hydrogen (secondary N) is 1. The zero-order chi connectivity index (χ0) is 10.2. The Labute approximate surface area is 85.0 Å². The van der Waals surface area contributed by atoms with Crippen LogP contribution in [0.1, 0.15) is 25.7 Å². The maximum Gasteiger partial charge on any atom is 0.306 e. The Morgan fingerprint density at radius 1 is 1.57 bits per heavy atom.